The molecule has 0 bridgehead atoms. The monoisotopic (exact) mass is 217 g/mol. The summed E-state index contributed by atoms with van der Waals surface area (Å²) >= 11 is 0. The van der Waals surface area contributed by atoms with E-state index in [1.807, 2.05) is 6.92 Å². The van der Waals surface area contributed by atoms with E-state index in [4.69, 9.17) is 0 Å². The fourth-order valence-electron chi connectivity index (χ4n) is 1.43. The summed E-state index contributed by atoms with van der Waals surface area (Å²) in [5, 5.41) is 9.28. The van der Waals surface area contributed by atoms with Crippen LogP contribution < -0.4 is 0 Å². The van der Waals surface area contributed by atoms with Crippen LogP contribution in [0, 0.1) is 0 Å². The molecule has 1 unspecified atom stereocenters. The van der Waals surface area contributed by atoms with Crippen LogP contribution in [0.5, 0.6) is 0 Å². The highest BCUT2D eigenvalue weighted by molar-refractivity contribution is 6.50. The molecule has 1 atom stereocenters. The number of aliphatic hydroxyl groups is 1. The van der Waals surface area contributed by atoms with Crippen LogP contribution in [0.25, 0.3) is 0 Å². The van der Waals surface area contributed by atoms with Gasteiger partial charge < -0.3 is 26.9 Å². The largest absolute Gasteiger partial charge is 0.673 e. The quantitative estimate of drug-likeness (QED) is 0.403. The van der Waals surface area contributed by atoms with E-state index < -0.39 is 7.25 Å². The van der Waals surface area contributed by atoms with Crippen molar-refractivity contribution in [2.24, 2.45) is 0 Å². The third-order valence-corrected chi connectivity index (χ3v) is 2.49. The Bertz CT molecular complexity index is 162. The van der Waals surface area contributed by atoms with E-state index in [9.17, 15) is 22.4 Å². The Morgan fingerprint density at radius 2 is 1.43 bits per heavy atom. The molecule has 0 radical (unpaired) electrons. The number of halogens is 4. The fraction of sp³-hybridized carbons (Fsp3) is 1.00. The van der Waals surface area contributed by atoms with Gasteiger partial charge in [0, 0.05) is 19.8 Å². The van der Waals surface area contributed by atoms with Gasteiger partial charge in [-0.05, 0) is 0 Å². The molecule has 1 N–H and O–H groups in total. The molecule has 0 spiro atoms. The van der Waals surface area contributed by atoms with Crippen LogP contribution in [0.3, 0.4) is 0 Å². The van der Waals surface area contributed by atoms with Gasteiger partial charge in [0.05, 0.1) is 20.1 Å². The van der Waals surface area contributed by atoms with Crippen LogP contribution >= 0.6 is 0 Å². The molecule has 1 heterocycles. The van der Waals surface area contributed by atoms with E-state index in [1.165, 1.54) is 12.8 Å². The van der Waals surface area contributed by atoms with Gasteiger partial charge in [0.25, 0.3) is 0 Å². The summed E-state index contributed by atoms with van der Waals surface area (Å²) in [6.07, 6.45) is 2.38. The third kappa shape index (κ3) is 6.20. The molecule has 0 aliphatic carbocycles. The molecule has 1 rings (SSSR count). The maximum absolute atomic E-state index is 9.75. The summed E-state index contributed by atoms with van der Waals surface area (Å²) in [5.41, 5.74) is 0. The van der Waals surface area contributed by atoms with Crippen LogP contribution in [0.1, 0.15) is 19.8 Å². The van der Waals surface area contributed by atoms with E-state index in [0.29, 0.717) is 0 Å². The topological polar surface area (TPSA) is 20.2 Å². The molecule has 0 amide bonds. The number of hydrogen-bond acceptors (Lipinski definition) is 1. The van der Waals surface area contributed by atoms with Crippen LogP contribution in [-0.2, 0) is 0 Å². The Hall–Kier alpha value is -0.295. The zero-order valence-corrected chi connectivity index (χ0v) is 8.39. The van der Waals surface area contributed by atoms with Crippen molar-refractivity contribution in [3.05, 3.63) is 0 Å². The summed E-state index contributed by atoms with van der Waals surface area (Å²) in [4.78, 5) is 0. The Morgan fingerprint density at radius 3 is 1.57 bits per heavy atom. The first-order valence-corrected chi connectivity index (χ1v) is 4.55. The van der Waals surface area contributed by atoms with Gasteiger partial charge in [-0.25, -0.2) is 0 Å². The second-order valence-corrected chi connectivity index (χ2v) is 3.76. The minimum atomic E-state index is -6.00. The van der Waals surface area contributed by atoms with Crippen LogP contribution in [0.2, 0.25) is 0 Å². The van der Waals surface area contributed by atoms with E-state index >= 15 is 0 Å². The predicted molar refractivity (Wildman–Crippen MR) is 47.0 cm³/mol. The summed E-state index contributed by atoms with van der Waals surface area (Å²) in [5.74, 6) is 0. The molecule has 7 heteroatoms. The van der Waals surface area contributed by atoms with Gasteiger partial charge >= 0.3 is 7.25 Å². The molecule has 1 aliphatic heterocycles. The van der Waals surface area contributed by atoms with Crippen molar-refractivity contribution in [2.45, 2.75) is 26.0 Å². The molecule has 2 nitrogen and oxygen atoms in total. The highest BCUT2D eigenvalue weighted by Crippen LogP contribution is 2.18. The van der Waals surface area contributed by atoms with Crippen LogP contribution in [0.4, 0.5) is 17.3 Å². The van der Waals surface area contributed by atoms with Crippen molar-refractivity contribution in [3.8, 4) is 0 Å². The summed E-state index contributed by atoms with van der Waals surface area (Å²) in [6.45, 7) is 4.18. The lowest BCUT2D eigenvalue weighted by molar-refractivity contribution is -0.941. The number of hydrogen-bond donors (Lipinski definition) is 1. The summed E-state index contributed by atoms with van der Waals surface area (Å²) < 4.78 is 39.9. The lowest BCUT2D eigenvalue weighted by Gasteiger charge is -2.31. The number of rotatable bonds is 1. The molecular weight excluding hydrogens is 201 g/mol. The predicted octanol–water partition coefficient (Wildman–Crippen LogP) is 1.87. The molecule has 0 aromatic heterocycles. The highest BCUT2D eigenvalue weighted by atomic mass is 19.5. The molecular formula is C7H16BF4NO. The first-order chi connectivity index (χ1) is 6.15. The standard InChI is InChI=1S/C7H16NO.BF4/c1-7(9)8(2)5-3-4-6-8;2-1(3,4)5/h7,9H,3-6H2,1-2H3;/q+1;-1. The van der Waals surface area contributed by atoms with Crippen molar-refractivity contribution in [3.63, 3.8) is 0 Å². The zero-order valence-electron chi connectivity index (χ0n) is 8.39. The third-order valence-electron chi connectivity index (χ3n) is 2.49. The maximum Gasteiger partial charge on any atom is 0.673 e. The van der Waals surface area contributed by atoms with Crippen molar-refractivity contribution in [1.29, 1.82) is 0 Å². The molecule has 0 saturated carbocycles. The van der Waals surface area contributed by atoms with Gasteiger partial charge in [-0.2, -0.15) is 0 Å². The summed E-state index contributed by atoms with van der Waals surface area (Å²) in [7, 11) is -3.88. The van der Waals surface area contributed by atoms with Gasteiger partial charge in [0.1, 0.15) is 0 Å². The number of quaternary nitrogens is 1. The smallest absolute Gasteiger partial charge is 0.418 e. The Balaban J connectivity index is 0.000000292. The SMILES string of the molecule is CC(O)[N+]1(C)CCCC1.F[B-](F)(F)F. The molecule has 1 saturated heterocycles. The van der Waals surface area contributed by atoms with Crippen molar-refractivity contribution < 1.29 is 26.9 Å². The molecule has 1 aliphatic rings. The van der Waals surface area contributed by atoms with E-state index in [1.54, 1.807) is 0 Å². The number of nitrogens with zero attached hydrogens (tertiary/aromatic N) is 1. The van der Waals surface area contributed by atoms with Crippen molar-refractivity contribution in [2.75, 3.05) is 20.1 Å². The molecule has 86 valence electrons. The zero-order chi connectivity index (χ0) is 11.4. The van der Waals surface area contributed by atoms with Gasteiger partial charge in [0.15, 0.2) is 6.23 Å². The second-order valence-electron chi connectivity index (χ2n) is 3.76. The first kappa shape index (κ1) is 13.7. The van der Waals surface area contributed by atoms with Gasteiger partial charge in [0.2, 0.25) is 0 Å². The molecule has 0 aromatic carbocycles. The summed E-state index contributed by atoms with van der Waals surface area (Å²) in [6, 6.07) is 0. The Labute approximate surface area is 81.2 Å². The lowest BCUT2D eigenvalue weighted by Crippen LogP contribution is -2.48. The van der Waals surface area contributed by atoms with E-state index in [-0.39, 0.29) is 6.23 Å². The Morgan fingerprint density at radius 1 is 1.14 bits per heavy atom. The van der Waals surface area contributed by atoms with Crippen LogP contribution in [0.15, 0.2) is 0 Å². The van der Waals surface area contributed by atoms with Crippen molar-refractivity contribution in [1.82, 2.24) is 0 Å². The average Bonchev–Trinajstić information content (AvgIpc) is 2.33. The molecule has 14 heavy (non-hydrogen) atoms. The number of aliphatic hydroxyl groups excluding tert-OH is 1. The highest BCUT2D eigenvalue weighted by Gasteiger charge is 2.30. The average molecular weight is 217 g/mol. The Kier molecular flexibility index (Phi) is 4.87. The van der Waals surface area contributed by atoms with Gasteiger partial charge in [-0.1, -0.05) is 0 Å². The minimum absolute atomic E-state index is 0.174. The number of likely N-dealkylation sites (tertiary alicyclic amines) is 1. The van der Waals surface area contributed by atoms with Crippen LogP contribution in [-0.4, -0.2) is 43.2 Å². The van der Waals surface area contributed by atoms with E-state index in [2.05, 4.69) is 7.05 Å². The normalized spacial score (nSPS) is 22.5. The van der Waals surface area contributed by atoms with Gasteiger partial charge in [-0.3, -0.25) is 0 Å². The second kappa shape index (κ2) is 4.98. The lowest BCUT2D eigenvalue weighted by atomic mass is 10.3. The van der Waals surface area contributed by atoms with E-state index in [0.717, 1.165) is 17.6 Å². The van der Waals surface area contributed by atoms with Gasteiger partial charge in [-0.15, -0.1) is 0 Å². The van der Waals surface area contributed by atoms with Crippen molar-refractivity contribution >= 4 is 7.25 Å². The first-order valence-electron chi connectivity index (χ1n) is 4.55. The molecule has 1 fully saturated rings. The minimum Gasteiger partial charge on any atom is -0.418 e. The fourth-order valence-corrected chi connectivity index (χ4v) is 1.43. The molecule has 0 aromatic rings. The maximum atomic E-state index is 9.75.